The first-order chi connectivity index (χ1) is 13.4. The highest BCUT2D eigenvalue weighted by atomic mass is 15.3. The van der Waals surface area contributed by atoms with Gasteiger partial charge < -0.3 is 15.2 Å². The Bertz CT molecular complexity index is 733. The third kappa shape index (κ3) is 7.33. The number of unbranched alkanes of at least 4 members (excludes halogenated alkanes) is 2. The van der Waals surface area contributed by atoms with Gasteiger partial charge in [-0.1, -0.05) is 70.4 Å². The largest absolute Gasteiger partial charge is 0.356 e. The summed E-state index contributed by atoms with van der Waals surface area (Å²) in [5.41, 5.74) is 1.42. The summed E-state index contributed by atoms with van der Waals surface area (Å²) in [6.07, 6.45) is 5.03. The van der Waals surface area contributed by atoms with Crippen LogP contribution in [0, 0.1) is 12.3 Å². The first-order valence-electron chi connectivity index (χ1n) is 10.3. The van der Waals surface area contributed by atoms with Gasteiger partial charge in [0.2, 0.25) is 0 Å². The molecule has 1 aromatic carbocycles. The van der Waals surface area contributed by atoms with Gasteiger partial charge in [0, 0.05) is 13.6 Å². The van der Waals surface area contributed by atoms with E-state index in [4.69, 9.17) is 4.99 Å². The van der Waals surface area contributed by atoms with Gasteiger partial charge in [-0.25, -0.2) is 4.99 Å². The maximum Gasteiger partial charge on any atom is 0.191 e. The van der Waals surface area contributed by atoms with E-state index in [2.05, 4.69) is 53.7 Å². The number of aryl methyl sites for hydroxylation is 1. The lowest BCUT2D eigenvalue weighted by molar-refractivity contribution is 0.318. The van der Waals surface area contributed by atoms with E-state index < -0.39 is 0 Å². The Morgan fingerprint density at radius 2 is 1.86 bits per heavy atom. The third-order valence-electron chi connectivity index (χ3n) is 5.05. The Labute approximate surface area is 169 Å². The van der Waals surface area contributed by atoms with Gasteiger partial charge in [-0.05, 0) is 24.3 Å². The first-order valence-corrected chi connectivity index (χ1v) is 10.3. The average Bonchev–Trinajstić information content (AvgIpc) is 3.00. The summed E-state index contributed by atoms with van der Waals surface area (Å²) in [5, 5.41) is 15.3. The van der Waals surface area contributed by atoms with Gasteiger partial charge in [0.15, 0.2) is 11.8 Å². The van der Waals surface area contributed by atoms with Crippen LogP contribution >= 0.6 is 0 Å². The number of hydrogen-bond donors (Lipinski definition) is 2. The van der Waals surface area contributed by atoms with E-state index in [-0.39, 0.29) is 5.41 Å². The molecule has 0 bridgehead atoms. The molecule has 1 aromatic heterocycles. The number of benzene rings is 1. The molecule has 2 rings (SSSR count). The van der Waals surface area contributed by atoms with Gasteiger partial charge >= 0.3 is 0 Å². The Kier molecular flexibility index (Phi) is 8.48. The zero-order valence-electron chi connectivity index (χ0n) is 18.1. The number of hydrogen-bond acceptors (Lipinski definition) is 3. The zero-order valence-corrected chi connectivity index (χ0v) is 18.1. The summed E-state index contributed by atoms with van der Waals surface area (Å²) in [6, 6.07) is 10.3. The van der Waals surface area contributed by atoms with Gasteiger partial charge in [0.1, 0.15) is 5.82 Å². The normalized spacial score (nSPS) is 12.2. The molecule has 0 aliphatic heterocycles. The molecule has 0 amide bonds. The van der Waals surface area contributed by atoms with Crippen LogP contribution in [0.4, 0.5) is 0 Å². The molecule has 6 heteroatoms. The summed E-state index contributed by atoms with van der Waals surface area (Å²) >= 11 is 0. The molecule has 0 fully saturated rings. The van der Waals surface area contributed by atoms with E-state index >= 15 is 0 Å². The minimum Gasteiger partial charge on any atom is -0.356 e. The standard InChI is InChI=1S/C22H36N6/c1-6-7-11-14-22(3,4)17-25-21(23-15-19-12-9-8-10-13-19)24-16-20-27-26-18(2)28(20)5/h8-10,12-13H,6-7,11,14-17H2,1-5H3,(H2,23,24,25). The van der Waals surface area contributed by atoms with Crippen molar-refractivity contribution in [2.75, 3.05) is 6.54 Å². The molecule has 6 nitrogen and oxygen atoms in total. The van der Waals surface area contributed by atoms with Crippen molar-refractivity contribution in [1.29, 1.82) is 0 Å². The maximum absolute atomic E-state index is 4.78. The van der Waals surface area contributed by atoms with Crippen molar-refractivity contribution < 1.29 is 0 Å². The Balaban J connectivity index is 1.99. The summed E-state index contributed by atoms with van der Waals surface area (Å²) in [6.45, 7) is 11.0. The van der Waals surface area contributed by atoms with Crippen LogP contribution in [0.15, 0.2) is 35.3 Å². The number of nitrogens with one attached hydrogen (secondary N) is 2. The van der Waals surface area contributed by atoms with Crippen molar-refractivity contribution in [3.63, 3.8) is 0 Å². The number of aliphatic imine (C=N–C) groups is 1. The van der Waals surface area contributed by atoms with Crippen molar-refractivity contribution in [2.24, 2.45) is 17.5 Å². The van der Waals surface area contributed by atoms with Crippen LogP contribution in [0.5, 0.6) is 0 Å². The zero-order chi connectivity index (χ0) is 20.4. The molecular weight excluding hydrogens is 348 g/mol. The monoisotopic (exact) mass is 384 g/mol. The fourth-order valence-corrected chi connectivity index (χ4v) is 2.96. The van der Waals surface area contributed by atoms with Crippen LogP contribution in [0.2, 0.25) is 0 Å². The number of nitrogens with zero attached hydrogens (tertiary/aromatic N) is 4. The van der Waals surface area contributed by atoms with Crippen LogP contribution in [0.1, 0.15) is 63.7 Å². The van der Waals surface area contributed by atoms with Crippen molar-refractivity contribution in [2.45, 2.75) is 66.5 Å². The highest BCUT2D eigenvalue weighted by molar-refractivity contribution is 5.79. The number of guanidine groups is 1. The minimum absolute atomic E-state index is 0.228. The fourth-order valence-electron chi connectivity index (χ4n) is 2.96. The predicted octanol–water partition coefficient (Wildman–Crippen LogP) is 3.97. The second-order valence-corrected chi connectivity index (χ2v) is 8.20. The summed E-state index contributed by atoms with van der Waals surface area (Å²) in [7, 11) is 1.98. The van der Waals surface area contributed by atoms with Crippen LogP contribution < -0.4 is 10.6 Å². The maximum atomic E-state index is 4.78. The van der Waals surface area contributed by atoms with Crippen molar-refractivity contribution in [1.82, 2.24) is 25.4 Å². The minimum atomic E-state index is 0.228. The number of aromatic nitrogens is 3. The topological polar surface area (TPSA) is 67.1 Å². The molecule has 0 radical (unpaired) electrons. The van der Waals surface area contributed by atoms with Crippen molar-refractivity contribution >= 4 is 5.96 Å². The van der Waals surface area contributed by atoms with Crippen LogP contribution in [0.25, 0.3) is 0 Å². The molecule has 154 valence electrons. The molecule has 2 aromatic rings. The van der Waals surface area contributed by atoms with Gasteiger partial charge in [-0.3, -0.25) is 0 Å². The van der Waals surface area contributed by atoms with E-state index in [0.717, 1.165) is 24.2 Å². The van der Waals surface area contributed by atoms with Gasteiger partial charge in [-0.2, -0.15) is 0 Å². The molecule has 0 unspecified atom stereocenters. The molecule has 2 N–H and O–H groups in total. The molecule has 0 saturated carbocycles. The highest BCUT2D eigenvalue weighted by Crippen LogP contribution is 2.22. The lowest BCUT2D eigenvalue weighted by Crippen LogP contribution is -2.42. The van der Waals surface area contributed by atoms with Gasteiger partial charge in [0.05, 0.1) is 13.1 Å². The van der Waals surface area contributed by atoms with E-state index in [1.54, 1.807) is 0 Å². The van der Waals surface area contributed by atoms with Gasteiger partial charge in [-0.15, -0.1) is 10.2 Å². The fraction of sp³-hybridized carbons (Fsp3) is 0.591. The molecule has 28 heavy (non-hydrogen) atoms. The Hall–Kier alpha value is -2.37. The smallest absolute Gasteiger partial charge is 0.191 e. The summed E-state index contributed by atoms with van der Waals surface area (Å²) in [5.74, 6) is 2.62. The predicted molar refractivity (Wildman–Crippen MR) is 116 cm³/mol. The first kappa shape index (κ1) is 21.9. The SMILES string of the molecule is CCCCCC(C)(C)CNC(=NCc1ccccc1)NCc1nnc(C)n1C. The lowest BCUT2D eigenvalue weighted by atomic mass is 9.87. The van der Waals surface area contributed by atoms with Crippen LogP contribution in [0.3, 0.4) is 0 Å². The molecular formula is C22H36N6. The Morgan fingerprint density at radius 3 is 2.50 bits per heavy atom. The second-order valence-electron chi connectivity index (χ2n) is 8.20. The molecule has 0 aliphatic carbocycles. The van der Waals surface area contributed by atoms with Crippen LogP contribution in [-0.2, 0) is 20.1 Å². The van der Waals surface area contributed by atoms with E-state index in [1.807, 2.05) is 36.7 Å². The average molecular weight is 385 g/mol. The van der Waals surface area contributed by atoms with E-state index in [1.165, 1.54) is 31.2 Å². The van der Waals surface area contributed by atoms with E-state index in [0.29, 0.717) is 13.1 Å². The molecule has 0 aliphatic rings. The quantitative estimate of drug-likeness (QED) is 0.370. The van der Waals surface area contributed by atoms with Gasteiger partial charge in [0.25, 0.3) is 0 Å². The lowest BCUT2D eigenvalue weighted by Gasteiger charge is -2.26. The Morgan fingerprint density at radius 1 is 1.11 bits per heavy atom. The molecule has 0 spiro atoms. The molecule has 0 atom stereocenters. The van der Waals surface area contributed by atoms with Crippen molar-refractivity contribution in [3.8, 4) is 0 Å². The second kappa shape index (κ2) is 10.8. The van der Waals surface area contributed by atoms with Crippen LogP contribution in [-0.4, -0.2) is 27.3 Å². The number of rotatable bonds is 10. The molecule has 1 heterocycles. The van der Waals surface area contributed by atoms with E-state index in [9.17, 15) is 0 Å². The van der Waals surface area contributed by atoms with Crippen molar-refractivity contribution in [3.05, 3.63) is 47.5 Å². The summed E-state index contributed by atoms with van der Waals surface area (Å²) in [4.78, 5) is 4.78. The molecule has 0 saturated heterocycles. The highest BCUT2D eigenvalue weighted by Gasteiger charge is 2.18. The third-order valence-corrected chi connectivity index (χ3v) is 5.05. The summed E-state index contributed by atoms with van der Waals surface area (Å²) < 4.78 is 2.00.